The molecule has 0 bridgehead atoms. The van der Waals surface area contributed by atoms with Crippen LogP contribution in [-0.4, -0.2) is 24.2 Å². The molecule has 4 nitrogen and oxygen atoms in total. The number of anilines is 1. The quantitative estimate of drug-likeness (QED) is 0.759. The van der Waals surface area contributed by atoms with Crippen LogP contribution in [0.2, 0.25) is 0 Å². The molecule has 0 aromatic heterocycles. The number of benzene rings is 1. The standard InChI is InChI=1S/C19H31NO3/c1-8-10-19(7,22-9-2)18(21)20-16-11-14(5)17(15(6)12-16)23-13(3)4/h11-13H,8-10H2,1-7H3,(H,20,21)/t19-/m0/s1. The number of aryl methyl sites for hydroxylation is 2. The summed E-state index contributed by atoms with van der Waals surface area (Å²) in [6, 6.07) is 3.89. The Hall–Kier alpha value is -1.55. The summed E-state index contributed by atoms with van der Waals surface area (Å²) in [5, 5.41) is 2.99. The summed E-state index contributed by atoms with van der Waals surface area (Å²) in [7, 11) is 0. The molecule has 130 valence electrons. The average molecular weight is 321 g/mol. The largest absolute Gasteiger partial charge is 0.490 e. The van der Waals surface area contributed by atoms with E-state index in [-0.39, 0.29) is 12.0 Å². The molecule has 0 saturated carbocycles. The van der Waals surface area contributed by atoms with Gasteiger partial charge in [-0.2, -0.15) is 0 Å². The Morgan fingerprint density at radius 2 is 1.78 bits per heavy atom. The summed E-state index contributed by atoms with van der Waals surface area (Å²) in [6.45, 7) is 14.3. The number of hydrogen-bond donors (Lipinski definition) is 1. The Kier molecular flexibility index (Phi) is 7.07. The van der Waals surface area contributed by atoms with Crippen molar-refractivity contribution in [1.29, 1.82) is 0 Å². The average Bonchev–Trinajstić information content (AvgIpc) is 2.43. The van der Waals surface area contributed by atoms with Gasteiger partial charge in [-0.3, -0.25) is 4.79 Å². The van der Waals surface area contributed by atoms with Crippen molar-refractivity contribution in [1.82, 2.24) is 0 Å². The van der Waals surface area contributed by atoms with Crippen LogP contribution in [0, 0.1) is 13.8 Å². The molecule has 0 aliphatic carbocycles. The molecule has 23 heavy (non-hydrogen) atoms. The lowest BCUT2D eigenvalue weighted by atomic mass is 9.98. The molecule has 0 radical (unpaired) electrons. The first-order valence-corrected chi connectivity index (χ1v) is 8.46. The van der Waals surface area contributed by atoms with E-state index >= 15 is 0 Å². The van der Waals surface area contributed by atoms with E-state index in [0.717, 1.165) is 29.0 Å². The molecule has 1 N–H and O–H groups in total. The monoisotopic (exact) mass is 321 g/mol. The number of amides is 1. The van der Waals surface area contributed by atoms with Crippen LogP contribution in [0.3, 0.4) is 0 Å². The van der Waals surface area contributed by atoms with E-state index in [1.807, 2.05) is 53.7 Å². The molecule has 1 rings (SSSR count). The first-order chi connectivity index (χ1) is 10.7. The third-order valence-electron chi connectivity index (χ3n) is 3.74. The topological polar surface area (TPSA) is 47.6 Å². The molecule has 1 atom stereocenters. The van der Waals surface area contributed by atoms with Gasteiger partial charge in [-0.05, 0) is 71.2 Å². The summed E-state index contributed by atoms with van der Waals surface area (Å²) in [4.78, 5) is 12.6. The second-order valence-electron chi connectivity index (χ2n) is 6.47. The minimum Gasteiger partial charge on any atom is -0.490 e. The van der Waals surface area contributed by atoms with Crippen molar-refractivity contribution in [3.8, 4) is 5.75 Å². The summed E-state index contributed by atoms with van der Waals surface area (Å²) in [5.41, 5.74) is 2.02. The van der Waals surface area contributed by atoms with Gasteiger partial charge in [0.2, 0.25) is 0 Å². The summed E-state index contributed by atoms with van der Waals surface area (Å²) in [5.74, 6) is 0.789. The SMILES string of the molecule is CCC[C@](C)(OCC)C(=O)Nc1cc(C)c(OC(C)C)c(C)c1. The van der Waals surface area contributed by atoms with E-state index in [1.165, 1.54) is 0 Å². The van der Waals surface area contributed by atoms with Crippen LogP contribution in [0.4, 0.5) is 5.69 Å². The zero-order chi connectivity index (χ0) is 17.6. The highest BCUT2D eigenvalue weighted by molar-refractivity contribution is 5.97. The van der Waals surface area contributed by atoms with E-state index in [2.05, 4.69) is 12.2 Å². The second kappa shape index (κ2) is 8.34. The zero-order valence-corrected chi connectivity index (χ0v) is 15.6. The Balaban J connectivity index is 2.98. The Bertz CT molecular complexity index is 508. The minimum atomic E-state index is -0.793. The van der Waals surface area contributed by atoms with Crippen molar-refractivity contribution >= 4 is 11.6 Å². The molecule has 0 spiro atoms. The third-order valence-corrected chi connectivity index (χ3v) is 3.74. The van der Waals surface area contributed by atoms with Gasteiger partial charge in [0.05, 0.1) is 6.10 Å². The van der Waals surface area contributed by atoms with Gasteiger partial charge >= 0.3 is 0 Å². The highest BCUT2D eigenvalue weighted by atomic mass is 16.5. The van der Waals surface area contributed by atoms with Crippen molar-refractivity contribution in [3.63, 3.8) is 0 Å². The zero-order valence-electron chi connectivity index (χ0n) is 15.6. The van der Waals surface area contributed by atoms with E-state index < -0.39 is 5.60 Å². The molecule has 1 amide bonds. The fourth-order valence-electron chi connectivity index (χ4n) is 2.75. The van der Waals surface area contributed by atoms with Crippen LogP contribution in [-0.2, 0) is 9.53 Å². The van der Waals surface area contributed by atoms with E-state index in [9.17, 15) is 4.79 Å². The molecule has 0 aliphatic rings. The lowest BCUT2D eigenvalue weighted by Gasteiger charge is -2.28. The molecule has 4 heteroatoms. The second-order valence-corrected chi connectivity index (χ2v) is 6.47. The van der Waals surface area contributed by atoms with Crippen LogP contribution in [0.1, 0.15) is 58.6 Å². The van der Waals surface area contributed by atoms with Crippen molar-refractivity contribution in [3.05, 3.63) is 23.3 Å². The summed E-state index contributed by atoms with van der Waals surface area (Å²) in [6.07, 6.45) is 1.71. The maximum atomic E-state index is 12.6. The Morgan fingerprint density at radius 1 is 1.22 bits per heavy atom. The van der Waals surface area contributed by atoms with Crippen LogP contribution in [0.5, 0.6) is 5.75 Å². The van der Waals surface area contributed by atoms with Crippen molar-refractivity contribution < 1.29 is 14.3 Å². The van der Waals surface area contributed by atoms with E-state index in [4.69, 9.17) is 9.47 Å². The fourth-order valence-corrected chi connectivity index (χ4v) is 2.75. The normalized spacial score (nSPS) is 13.7. The number of hydrogen-bond acceptors (Lipinski definition) is 3. The molecular formula is C19H31NO3. The summed E-state index contributed by atoms with van der Waals surface area (Å²) < 4.78 is 11.5. The maximum Gasteiger partial charge on any atom is 0.256 e. The highest BCUT2D eigenvalue weighted by Crippen LogP contribution is 2.29. The number of ether oxygens (including phenoxy) is 2. The molecule has 1 aromatic carbocycles. The highest BCUT2D eigenvalue weighted by Gasteiger charge is 2.33. The number of carbonyl (C=O) groups is 1. The van der Waals surface area contributed by atoms with Gasteiger partial charge in [-0.25, -0.2) is 0 Å². The van der Waals surface area contributed by atoms with Gasteiger partial charge in [0.25, 0.3) is 5.91 Å². The van der Waals surface area contributed by atoms with Gasteiger partial charge in [0, 0.05) is 12.3 Å². The smallest absolute Gasteiger partial charge is 0.256 e. The van der Waals surface area contributed by atoms with Crippen LogP contribution >= 0.6 is 0 Å². The van der Waals surface area contributed by atoms with E-state index in [1.54, 1.807) is 0 Å². The van der Waals surface area contributed by atoms with Gasteiger partial charge in [0.15, 0.2) is 0 Å². The van der Waals surface area contributed by atoms with Crippen molar-refractivity contribution in [2.45, 2.75) is 73.0 Å². The van der Waals surface area contributed by atoms with Gasteiger partial charge in [-0.15, -0.1) is 0 Å². The predicted octanol–water partition coefficient (Wildman–Crippen LogP) is 4.62. The number of carbonyl (C=O) groups excluding carboxylic acids is 1. The molecule has 0 aliphatic heterocycles. The Labute approximate surface area is 140 Å². The fraction of sp³-hybridized carbons (Fsp3) is 0.632. The van der Waals surface area contributed by atoms with Gasteiger partial charge < -0.3 is 14.8 Å². The van der Waals surface area contributed by atoms with E-state index in [0.29, 0.717) is 13.0 Å². The van der Waals surface area contributed by atoms with Crippen LogP contribution in [0.25, 0.3) is 0 Å². The third kappa shape index (κ3) is 5.24. The predicted molar refractivity (Wildman–Crippen MR) is 95.2 cm³/mol. The lowest BCUT2D eigenvalue weighted by molar-refractivity contribution is -0.139. The molecule has 0 unspecified atom stereocenters. The molecule has 1 aromatic rings. The molecule has 0 heterocycles. The first kappa shape index (κ1) is 19.5. The van der Waals surface area contributed by atoms with Crippen molar-refractivity contribution in [2.75, 3.05) is 11.9 Å². The first-order valence-electron chi connectivity index (χ1n) is 8.46. The van der Waals surface area contributed by atoms with Crippen LogP contribution < -0.4 is 10.1 Å². The maximum absolute atomic E-state index is 12.6. The van der Waals surface area contributed by atoms with Crippen LogP contribution in [0.15, 0.2) is 12.1 Å². The summed E-state index contributed by atoms with van der Waals surface area (Å²) >= 11 is 0. The van der Waals surface area contributed by atoms with Crippen molar-refractivity contribution in [2.24, 2.45) is 0 Å². The number of nitrogens with one attached hydrogen (secondary N) is 1. The number of rotatable bonds is 8. The van der Waals surface area contributed by atoms with Gasteiger partial charge in [-0.1, -0.05) is 13.3 Å². The minimum absolute atomic E-state index is 0.0995. The molecule has 0 fully saturated rings. The Morgan fingerprint density at radius 3 is 2.22 bits per heavy atom. The van der Waals surface area contributed by atoms with Gasteiger partial charge in [0.1, 0.15) is 11.4 Å². The molecular weight excluding hydrogens is 290 g/mol. The molecule has 0 saturated heterocycles. The lowest BCUT2D eigenvalue weighted by Crippen LogP contribution is -2.42.